The fourth-order valence-corrected chi connectivity index (χ4v) is 1.49. The van der Waals surface area contributed by atoms with Crippen molar-refractivity contribution < 1.29 is 19.4 Å². The van der Waals surface area contributed by atoms with Gasteiger partial charge in [0.25, 0.3) is 0 Å². The molecule has 1 fully saturated rings. The fraction of sp³-hybridized carbons (Fsp3) is 0.778. The summed E-state index contributed by atoms with van der Waals surface area (Å²) in [5.74, 6) is -1.23. The van der Waals surface area contributed by atoms with Crippen LogP contribution in [0.1, 0.15) is 19.3 Å². The van der Waals surface area contributed by atoms with E-state index >= 15 is 0 Å². The Morgan fingerprint density at radius 2 is 2.00 bits per heavy atom. The summed E-state index contributed by atoms with van der Waals surface area (Å²) in [6.45, 7) is 1.16. The summed E-state index contributed by atoms with van der Waals surface area (Å²) in [5, 5.41) is 8.53. The van der Waals surface area contributed by atoms with Gasteiger partial charge in [-0.2, -0.15) is 0 Å². The van der Waals surface area contributed by atoms with Crippen LogP contribution in [0.3, 0.4) is 0 Å². The van der Waals surface area contributed by atoms with Gasteiger partial charge in [-0.1, -0.05) is 0 Å². The van der Waals surface area contributed by atoms with Crippen molar-refractivity contribution in [3.8, 4) is 0 Å². The lowest BCUT2D eigenvalue weighted by molar-refractivity contribution is -0.141. The Balaban J connectivity index is 2.36. The van der Waals surface area contributed by atoms with E-state index in [4.69, 9.17) is 15.6 Å². The number of hydrogen-bond acceptors (Lipinski definition) is 4. The second kappa shape index (κ2) is 5.07. The molecule has 0 bridgehead atoms. The SMILES string of the molecule is NC(CC(=O)C1CCOCC1)C(=O)O. The van der Waals surface area contributed by atoms with Gasteiger partial charge in [0.2, 0.25) is 0 Å². The van der Waals surface area contributed by atoms with Crippen molar-refractivity contribution in [2.75, 3.05) is 13.2 Å². The van der Waals surface area contributed by atoms with E-state index in [1.165, 1.54) is 0 Å². The highest BCUT2D eigenvalue weighted by Gasteiger charge is 2.25. The van der Waals surface area contributed by atoms with Crippen molar-refractivity contribution in [1.29, 1.82) is 0 Å². The summed E-state index contributed by atoms with van der Waals surface area (Å²) in [6.07, 6.45) is 1.30. The third-order valence-corrected chi connectivity index (χ3v) is 2.41. The highest BCUT2D eigenvalue weighted by atomic mass is 16.5. The Bertz CT molecular complexity index is 223. The van der Waals surface area contributed by atoms with Gasteiger partial charge in [0.15, 0.2) is 0 Å². The zero-order valence-electron chi connectivity index (χ0n) is 7.94. The predicted octanol–water partition coefficient (Wildman–Crippen LogP) is -0.216. The molecule has 0 radical (unpaired) electrons. The van der Waals surface area contributed by atoms with Crippen molar-refractivity contribution in [2.45, 2.75) is 25.3 Å². The van der Waals surface area contributed by atoms with Crippen molar-refractivity contribution in [1.82, 2.24) is 0 Å². The van der Waals surface area contributed by atoms with E-state index in [0.717, 1.165) is 0 Å². The molecule has 0 aliphatic carbocycles. The average molecular weight is 201 g/mol. The molecule has 1 unspecified atom stereocenters. The molecule has 1 rings (SSSR count). The molecular formula is C9H15NO4. The second-order valence-corrected chi connectivity index (χ2v) is 3.50. The number of nitrogens with two attached hydrogens (primary N) is 1. The first-order valence-corrected chi connectivity index (χ1v) is 4.70. The Hall–Kier alpha value is -0.940. The largest absolute Gasteiger partial charge is 0.480 e. The maximum atomic E-state index is 11.5. The molecular weight excluding hydrogens is 186 g/mol. The summed E-state index contributed by atoms with van der Waals surface area (Å²) in [5.41, 5.74) is 5.27. The molecule has 1 saturated heterocycles. The molecule has 0 saturated carbocycles. The first kappa shape index (κ1) is 11.1. The highest BCUT2D eigenvalue weighted by Crippen LogP contribution is 2.17. The Labute approximate surface area is 82.2 Å². The van der Waals surface area contributed by atoms with E-state index in [9.17, 15) is 9.59 Å². The lowest BCUT2D eigenvalue weighted by Crippen LogP contribution is -2.35. The molecule has 0 aromatic rings. The lowest BCUT2D eigenvalue weighted by atomic mass is 9.92. The van der Waals surface area contributed by atoms with Gasteiger partial charge in [0.1, 0.15) is 11.8 Å². The first-order chi connectivity index (χ1) is 6.61. The molecule has 1 heterocycles. The van der Waals surface area contributed by atoms with E-state index in [1.807, 2.05) is 0 Å². The van der Waals surface area contributed by atoms with Gasteiger partial charge >= 0.3 is 5.97 Å². The summed E-state index contributed by atoms with van der Waals surface area (Å²) >= 11 is 0. The summed E-state index contributed by atoms with van der Waals surface area (Å²) in [7, 11) is 0. The summed E-state index contributed by atoms with van der Waals surface area (Å²) in [6, 6.07) is -1.06. The number of carbonyl (C=O) groups excluding carboxylic acids is 1. The van der Waals surface area contributed by atoms with Crippen molar-refractivity contribution in [2.24, 2.45) is 11.7 Å². The maximum Gasteiger partial charge on any atom is 0.320 e. The number of carboxylic acids is 1. The number of carbonyl (C=O) groups is 2. The third-order valence-electron chi connectivity index (χ3n) is 2.41. The van der Waals surface area contributed by atoms with E-state index in [0.29, 0.717) is 26.1 Å². The van der Waals surface area contributed by atoms with Gasteiger partial charge in [0.05, 0.1) is 0 Å². The van der Waals surface area contributed by atoms with E-state index in [-0.39, 0.29) is 18.1 Å². The zero-order valence-corrected chi connectivity index (χ0v) is 7.94. The van der Waals surface area contributed by atoms with Gasteiger partial charge in [-0.3, -0.25) is 9.59 Å². The molecule has 0 aromatic heterocycles. The highest BCUT2D eigenvalue weighted by molar-refractivity contribution is 5.87. The van der Waals surface area contributed by atoms with Crippen molar-refractivity contribution >= 4 is 11.8 Å². The number of ketones is 1. The molecule has 1 aliphatic heterocycles. The summed E-state index contributed by atoms with van der Waals surface area (Å²) < 4.78 is 5.10. The number of Topliss-reactive ketones (excluding diaryl/α,β-unsaturated/α-hetero) is 1. The zero-order chi connectivity index (χ0) is 10.6. The van der Waals surface area contributed by atoms with Gasteiger partial charge in [-0.05, 0) is 12.8 Å². The van der Waals surface area contributed by atoms with Crippen LogP contribution in [0.5, 0.6) is 0 Å². The van der Waals surface area contributed by atoms with Crippen molar-refractivity contribution in [3.63, 3.8) is 0 Å². The van der Waals surface area contributed by atoms with Gasteiger partial charge in [-0.15, -0.1) is 0 Å². The van der Waals surface area contributed by atoms with Crippen molar-refractivity contribution in [3.05, 3.63) is 0 Å². The quantitative estimate of drug-likeness (QED) is 0.656. The normalized spacial score (nSPS) is 20.4. The third kappa shape index (κ3) is 3.08. The van der Waals surface area contributed by atoms with Gasteiger partial charge in [0, 0.05) is 25.6 Å². The van der Waals surface area contributed by atoms with Crippen LogP contribution in [-0.4, -0.2) is 36.1 Å². The summed E-state index contributed by atoms with van der Waals surface area (Å²) in [4.78, 5) is 21.9. The minimum Gasteiger partial charge on any atom is -0.480 e. The molecule has 5 heteroatoms. The smallest absolute Gasteiger partial charge is 0.320 e. The Morgan fingerprint density at radius 3 is 2.50 bits per heavy atom. The molecule has 0 aromatic carbocycles. The van der Waals surface area contributed by atoms with E-state index < -0.39 is 12.0 Å². The topological polar surface area (TPSA) is 89.6 Å². The van der Waals surface area contributed by atoms with Gasteiger partial charge < -0.3 is 15.6 Å². The molecule has 1 aliphatic rings. The number of hydrogen-bond donors (Lipinski definition) is 2. The molecule has 3 N–H and O–H groups in total. The predicted molar refractivity (Wildman–Crippen MR) is 48.8 cm³/mol. The molecule has 0 spiro atoms. The standard InChI is InChI=1S/C9H15NO4/c10-7(9(12)13)5-8(11)6-1-3-14-4-2-6/h6-7H,1-5,10H2,(H,12,13). The fourth-order valence-electron chi connectivity index (χ4n) is 1.49. The monoisotopic (exact) mass is 201 g/mol. The van der Waals surface area contributed by atoms with Gasteiger partial charge in [-0.25, -0.2) is 0 Å². The van der Waals surface area contributed by atoms with Crippen LogP contribution in [0.2, 0.25) is 0 Å². The Morgan fingerprint density at radius 1 is 1.43 bits per heavy atom. The van der Waals surface area contributed by atoms with Crippen LogP contribution in [0.15, 0.2) is 0 Å². The first-order valence-electron chi connectivity index (χ1n) is 4.70. The molecule has 14 heavy (non-hydrogen) atoms. The molecule has 1 atom stereocenters. The van der Waals surface area contributed by atoms with E-state index in [2.05, 4.69) is 0 Å². The van der Waals surface area contributed by atoms with Crippen LogP contribution in [0, 0.1) is 5.92 Å². The number of carboxylic acid groups (broad SMARTS) is 1. The minimum atomic E-state index is -1.12. The Kier molecular flexibility index (Phi) is 4.03. The molecule has 80 valence electrons. The van der Waals surface area contributed by atoms with Crippen LogP contribution < -0.4 is 5.73 Å². The minimum absolute atomic E-state index is 0.0526. The maximum absolute atomic E-state index is 11.5. The van der Waals surface area contributed by atoms with Crippen LogP contribution in [0.25, 0.3) is 0 Å². The van der Waals surface area contributed by atoms with Crippen LogP contribution in [-0.2, 0) is 14.3 Å². The van der Waals surface area contributed by atoms with Crippen LogP contribution in [0.4, 0.5) is 0 Å². The average Bonchev–Trinajstić information content (AvgIpc) is 2.19. The molecule has 5 nitrogen and oxygen atoms in total. The van der Waals surface area contributed by atoms with Crippen LogP contribution >= 0.6 is 0 Å². The second-order valence-electron chi connectivity index (χ2n) is 3.50. The number of ether oxygens (including phenoxy) is 1. The van der Waals surface area contributed by atoms with E-state index in [1.54, 1.807) is 0 Å². The lowest BCUT2D eigenvalue weighted by Gasteiger charge is -2.21. The molecule has 0 amide bonds. The number of aliphatic carboxylic acids is 1. The number of rotatable bonds is 4.